The number of hydrogen-bond acceptors (Lipinski definition) is 6. The summed E-state index contributed by atoms with van der Waals surface area (Å²) in [7, 11) is 3.17. The van der Waals surface area contributed by atoms with Crippen LogP contribution in [0, 0.1) is 13.8 Å². The first-order valence-electron chi connectivity index (χ1n) is 9.65. The van der Waals surface area contributed by atoms with Crippen LogP contribution >= 0.6 is 11.3 Å². The quantitative estimate of drug-likeness (QED) is 0.652. The standard InChI is InChI=1S/C22H25N3O3S/c1-14-5-8-19-20(15(14)2)23-22(29-19)25-11-9-24(10-12-25)21(26)17-13-16(27-3)6-7-18(17)28-4/h5-8,13H,9-12H2,1-4H3. The molecule has 1 saturated heterocycles. The lowest BCUT2D eigenvalue weighted by Crippen LogP contribution is -2.48. The summed E-state index contributed by atoms with van der Waals surface area (Å²) in [5.41, 5.74) is 4.12. The minimum atomic E-state index is -0.0313. The summed E-state index contributed by atoms with van der Waals surface area (Å²) in [5.74, 6) is 1.18. The second-order valence-electron chi connectivity index (χ2n) is 7.20. The summed E-state index contributed by atoms with van der Waals surface area (Å²) in [4.78, 5) is 22.1. The lowest BCUT2D eigenvalue weighted by Gasteiger charge is -2.34. The zero-order valence-corrected chi connectivity index (χ0v) is 18.0. The highest BCUT2D eigenvalue weighted by molar-refractivity contribution is 7.22. The Hall–Kier alpha value is -2.80. The Bertz CT molecular complexity index is 1050. The van der Waals surface area contributed by atoms with E-state index in [-0.39, 0.29) is 5.91 Å². The molecule has 0 atom stereocenters. The van der Waals surface area contributed by atoms with Gasteiger partial charge in [-0.25, -0.2) is 4.98 Å². The number of anilines is 1. The summed E-state index contributed by atoms with van der Waals surface area (Å²) in [6.45, 7) is 7.05. The first kappa shape index (κ1) is 19.5. The van der Waals surface area contributed by atoms with Crippen LogP contribution in [0.25, 0.3) is 10.2 Å². The van der Waals surface area contributed by atoms with Crippen molar-refractivity contribution in [2.24, 2.45) is 0 Å². The summed E-state index contributed by atoms with van der Waals surface area (Å²) >= 11 is 1.72. The average molecular weight is 412 g/mol. The van der Waals surface area contributed by atoms with E-state index in [1.807, 2.05) is 4.90 Å². The van der Waals surface area contributed by atoms with Crippen molar-refractivity contribution < 1.29 is 14.3 Å². The Balaban J connectivity index is 1.50. The molecular weight excluding hydrogens is 386 g/mol. The van der Waals surface area contributed by atoms with E-state index in [9.17, 15) is 4.79 Å². The number of hydrogen-bond donors (Lipinski definition) is 0. The van der Waals surface area contributed by atoms with Crippen molar-refractivity contribution >= 4 is 32.6 Å². The molecule has 1 aromatic heterocycles. The molecule has 29 heavy (non-hydrogen) atoms. The van der Waals surface area contributed by atoms with Gasteiger partial charge >= 0.3 is 0 Å². The fourth-order valence-electron chi connectivity index (χ4n) is 3.60. The number of methoxy groups -OCH3 is 2. The number of fused-ring (bicyclic) bond motifs is 1. The number of amides is 1. The van der Waals surface area contributed by atoms with Crippen LogP contribution in [0.15, 0.2) is 30.3 Å². The molecule has 0 bridgehead atoms. The van der Waals surface area contributed by atoms with Crippen LogP contribution in [0.3, 0.4) is 0 Å². The molecule has 2 aromatic carbocycles. The van der Waals surface area contributed by atoms with Crippen LogP contribution < -0.4 is 14.4 Å². The summed E-state index contributed by atoms with van der Waals surface area (Å²) in [6.07, 6.45) is 0. The number of aromatic nitrogens is 1. The van der Waals surface area contributed by atoms with E-state index in [0.29, 0.717) is 30.2 Å². The molecule has 0 N–H and O–H groups in total. The van der Waals surface area contributed by atoms with Gasteiger partial charge in [0.25, 0.3) is 5.91 Å². The number of piperazine rings is 1. The minimum Gasteiger partial charge on any atom is -0.497 e. The first-order chi connectivity index (χ1) is 14.0. The molecule has 1 aliphatic rings. The van der Waals surface area contributed by atoms with Gasteiger partial charge in [-0.1, -0.05) is 17.4 Å². The van der Waals surface area contributed by atoms with Gasteiger partial charge in [-0.15, -0.1) is 0 Å². The molecular formula is C22H25N3O3S. The van der Waals surface area contributed by atoms with Crippen LogP contribution in [-0.4, -0.2) is 56.2 Å². The monoisotopic (exact) mass is 411 g/mol. The first-order valence-corrected chi connectivity index (χ1v) is 10.5. The molecule has 3 aromatic rings. The lowest BCUT2D eigenvalue weighted by atomic mass is 10.1. The Morgan fingerprint density at radius 3 is 2.48 bits per heavy atom. The Labute approximate surface area is 174 Å². The second-order valence-corrected chi connectivity index (χ2v) is 8.21. The van der Waals surface area contributed by atoms with Gasteiger partial charge in [0, 0.05) is 26.2 Å². The number of nitrogens with zero attached hydrogens (tertiary/aromatic N) is 3. The highest BCUT2D eigenvalue weighted by Gasteiger charge is 2.26. The van der Waals surface area contributed by atoms with Gasteiger partial charge < -0.3 is 19.3 Å². The predicted octanol–water partition coefficient (Wildman–Crippen LogP) is 3.89. The number of carbonyl (C=O) groups is 1. The van der Waals surface area contributed by atoms with Crippen LogP contribution in [0.5, 0.6) is 11.5 Å². The third-order valence-corrected chi connectivity index (χ3v) is 6.63. The number of carbonyl (C=O) groups excluding carboxylic acids is 1. The van der Waals surface area contributed by atoms with Gasteiger partial charge in [-0.3, -0.25) is 4.79 Å². The van der Waals surface area contributed by atoms with Crippen LogP contribution in [0.2, 0.25) is 0 Å². The number of rotatable bonds is 4. The van der Waals surface area contributed by atoms with Crippen molar-refractivity contribution in [3.05, 3.63) is 47.0 Å². The van der Waals surface area contributed by atoms with E-state index in [2.05, 4.69) is 30.9 Å². The van der Waals surface area contributed by atoms with Crippen molar-refractivity contribution in [2.45, 2.75) is 13.8 Å². The smallest absolute Gasteiger partial charge is 0.257 e. The van der Waals surface area contributed by atoms with Gasteiger partial charge in [0.05, 0.1) is 30.0 Å². The largest absolute Gasteiger partial charge is 0.497 e. The van der Waals surface area contributed by atoms with Crippen LogP contribution in [-0.2, 0) is 0 Å². The number of thiazole rings is 1. The predicted molar refractivity (Wildman–Crippen MR) is 117 cm³/mol. The molecule has 0 saturated carbocycles. The van der Waals surface area contributed by atoms with Crippen molar-refractivity contribution in [1.82, 2.24) is 9.88 Å². The van der Waals surface area contributed by atoms with Crippen molar-refractivity contribution in [3.8, 4) is 11.5 Å². The van der Waals surface area contributed by atoms with E-state index in [1.54, 1.807) is 43.8 Å². The molecule has 0 radical (unpaired) electrons. The van der Waals surface area contributed by atoms with E-state index in [4.69, 9.17) is 14.5 Å². The maximum Gasteiger partial charge on any atom is 0.257 e. The van der Waals surface area contributed by atoms with E-state index < -0.39 is 0 Å². The zero-order valence-electron chi connectivity index (χ0n) is 17.2. The van der Waals surface area contributed by atoms with Gasteiger partial charge in [0.15, 0.2) is 5.13 Å². The maximum absolute atomic E-state index is 13.1. The molecule has 1 fully saturated rings. The van der Waals surface area contributed by atoms with E-state index >= 15 is 0 Å². The molecule has 1 aliphatic heterocycles. The van der Waals surface area contributed by atoms with E-state index in [0.717, 1.165) is 23.7 Å². The Morgan fingerprint density at radius 1 is 1.03 bits per heavy atom. The minimum absolute atomic E-state index is 0.0313. The Morgan fingerprint density at radius 2 is 1.79 bits per heavy atom. The van der Waals surface area contributed by atoms with Crippen molar-refractivity contribution in [2.75, 3.05) is 45.3 Å². The van der Waals surface area contributed by atoms with Gasteiger partial charge in [-0.05, 0) is 49.2 Å². The van der Waals surface area contributed by atoms with Gasteiger partial charge in [0.1, 0.15) is 11.5 Å². The SMILES string of the molecule is COc1ccc(OC)c(C(=O)N2CCN(c3nc4c(C)c(C)ccc4s3)CC2)c1. The van der Waals surface area contributed by atoms with Crippen LogP contribution in [0.1, 0.15) is 21.5 Å². The third-order valence-electron chi connectivity index (χ3n) is 5.55. The Kier molecular flexibility index (Phi) is 5.32. The van der Waals surface area contributed by atoms with E-state index in [1.165, 1.54) is 15.8 Å². The average Bonchev–Trinajstić information content (AvgIpc) is 3.20. The molecule has 4 rings (SSSR count). The molecule has 6 nitrogen and oxygen atoms in total. The van der Waals surface area contributed by atoms with Gasteiger partial charge in [-0.2, -0.15) is 0 Å². The topological polar surface area (TPSA) is 54.9 Å². The molecule has 2 heterocycles. The zero-order chi connectivity index (χ0) is 20.5. The fourth-order valence-corrected chi connectivity index (χ4v) is 4.68. The van der Waals surface area contributed by atoms with Crippen molar-refractivity contribution in [3.63, 3.8) is 0 Å². The van der Waals surface area contributed by atoms with Crippen molar-refractivity contribution in [1.29, 1.82) is 0 Å². The highest BCUT2D eigenvalue weighted by Crippen LogP contribution is 2.32. The normalized spacial score (nSPS) is 14.3. The maximum atomic E-state index is 13.1. The molecule has 1 amide bonds. The molecule has 0 spiro atoms. The number of aryl methyl sites for hydroxylation is 2. The molecule has 7 heteroatoms. The third kappa shape index (κ3) is 3.62. The fraction of sp³-hybridized carbons (Fsp3) is 0.364. The second kappa shape index (κ2) is 7.91. The molecule has 0 unspecified atom stereocenters. The molecule has 152 valence electrons. The summed E-state index contributed by atoms with van der Waals surface area (Å²) in [5, 5.41) is 1.03. The summed E-state index contributed by atoms with van der Waals surface area (Å²) in [6, 6.07) is 9.61. The van der Waals surface area contributed by atoms with Gasteiger partial charge in [0.2, 0.25) is 0 Å². The highest BCUT2D eigenvalue weighted by atomic mass is 32.1. The summed E-state index contributed by atoms with van der Waals surface area (Å²) < 4.78 is 11.9. The lowest BCUT2D eigenvalue weighted by molar-refractivity contribution is 0.0743. The molecule has 0 aliphatic carbocycles. The number of ether oxygens (including phenoxy) is 2. The number of benzene rings is 2. The van der Waals surface area contributed by atoms with Crippen LogP contribution in [0.4, 0.5) is 5.13 Å².